The van der Waals surface area contributed by atoms with Gasteiger partial charge in [-0.05, 0) is 19.3 Å². The monoisotopic (exact) mass is 197 g/mol. The number of halogens is 3. The summed E-state index contributed by atoms with van der Waals surface area (Å²) >= 11 is 0. The quantitative estimate of drug-likeness (QED) is 0.662. The maximum atomic E-state index is 12.1. The Morgan fingerprint density at radius 3 is 2.46 bits per heavy atom. The molecule has 0 aromatic heterocycles. The van der Waals surface area contributed by atoms with Gasteiger partial charge in [-0.15, -0.1) is 0 Å². The van der Waals surface area contributed by atoms with Crippen LogP contribution in [0.1, 0.15) is 19.3 Å². The SMILES string of the molecule is O=C(O)[C@H]1CCC[C@H](C(F)(F)F)N1. The normalized spacial score (nSPS) is 30.1. The standard InChI is InChI=1S/C7H10F3NO2/c8-7(9,10)5-3-1-2-4(11-5)6(12)13/h4-5,11H,1-3H2,(H,12,13)/t4-,5-/m1/s1. The molecule has 13 heavy (non-hydrogen) atoms. The fraction of sp³-hybridized carbons (Fsp3) is 0.857. The molecular formula is C7H10F3NO2. The van der Waals surface area contributed by atoms with Crippen LogP contribution in [-0.2, 0) is 4.79 Å². The maximum absolute atomic E-state index is 12.1. The van der Waals surface area contributed by atoms with Gasteiger partial charge in [0.15, 0.2) is 0 Å². The molecule has 0 saturated carbocycles. The van der Waals surface area contributed by atoms with Gasteiger partial charge in [0.05, 0.1) is 0 Å². The Morgan fingerprint density at radius 1 is 1.38 bits per heavy atom. The molecule has 3 nitrogen and oxygen atoms in total. The van der Waals surface area contributed by atoms with E-state index in [-0.39, 0.29) is 12.8 Å². The summed E-state index contributed by atoms with van der Waals surface area (Å²) in [6.07, 6.45) is -3.81. The van der Waals surface area contributed by atoms with Gasteiger partial charge in [-0.2, -0.15) is 13.2 Å². The number of carboxylic acid groups (broad SMARTS) is 1. The fourth-order valence-electron chi connectivity index (χ4n) is 1.39. The summed E-state index contributed by atoms with van der Waals surface area (Å²) in [5.41, 5.74) is 0. The van der Waals surface area contributed by atoms with Crippen molar-refractivity contribution < 1.29 is 23.1 Å². The Labute approximate surface area is 72.9 Å². The highest BCUT2D eigenvalue weighted by molar-refractivity contribution is 5.73. The lowest BCUT2D eigenvalue weighted by Crippen LogP contribution is -2.53. The minimum absolute atomic E-state index is 0.0344. The van der Waals surface area contributed by atoms with Crippen LogP contribution in [0, 0.1) is 0 Å². The number of alkyl halides is 3. The molecule has 0 aliphatic carbocycles. The summed E-state index contributed by atoms with van der Waals surface area (Å²) in [6, 6.07) is -2.72. The summed E-state index contributed by atoms with van der Waals surface area (Å²) in [7, 11) is 0. The van der Waals surface area contributed by atoms with Crippen molar-refractivity contribution in [3.05, 3.63) is 0 Å². The number of carboxylic acids is 1. The lowest BCUT2D eigenvalue weighted by Gasteiger charge is -2.29. The zero-order chi connectivity index (χ0) is 10.1. The predicted octanol–water partition coefficient (Wildman–Crippen LogP) is 1.14. The molecule has 1 aliphatic rings. The molecule has 0 amide bonds. The Bertz CT molecular complexity index is 204. The molecule has 1 rings (SSSR count). The van der Waals surface area contributed by atoms with E-state index in [0.29, 0.717) is 6.42 Å². The van der Waals surface area contributed by atoms with Crippen molar-refractivity contribution in [2.24, 2.45) is 0 Å². The first-order valence-corrected chi connectivity index (χ1v) is 3.97. The Hall–Kier alpha value is -0.780. The van der Waals surface area contributed by atoms with Crippen LogP contribution >= 0.6 is 0 Å². The number of piperidine rings is 1. The van der Waals surface area contributed by atoms with Gasteiger partial charge in [0, 0.05) is 0 Å². The lowest BCUT2D eigenvalue weighted by atomic mass is 9.98. The van der Waals surface area contributed by atoms with Crippen molar-refractivity contribution in [3.8, 4) is 0 Å². The first kappa shape index (κ1) is 10.3. The number of aliphatic carboxylic acids is 1. The van der Waals surface area contributed by atoms with Crippen LogP contribution in [0.25, 0.3) is 0 Å². The topological polar surface area (TPSA) is 49.3 Å². The van der Waals surface area contributed by atoms with Crippen LogP contribution in [0.5, 0.6) is 0 Å². The van der Waals surface area contributed by atoms with Crippen molar-refractivity contribution in [2.75, 3.05) is 0 Å². The average Bonchev–Trinajstić information content (AvgIpc) is 2.03. The molecule has 0 radical (unpaired) electrons. The summed E-state index contributed by atoms with van der Waals surface area (Å²) in [6.45, 7) is 0. The van der Waals surface area contributed by atoms with Crippen molar-refractivity contribution in [1.82, 2.24) is 5.32 Å². The van der Waals surface area contributed by atoms with Crippen LogP contribution in [-0.4, -0.2) is 29.3 Å². The Balaban J connectivity index is 2.57. The minimum Gasteiger partial charge on any atom is -0.480 e. The molecule has 0 unspecified atom stereocenters. The number of rotatable bonds is 1. The minimum atomic E-state index is -4.34. The Morgan fingerprint density at radius 2 is 2.00 bits per heavy atom. The van der Waals surface area contributed by atoms with Gasteiger partial charge in [-0.25, -0.2) is 0 Å². The molecule has 76 valence electrons. The van der Waals surface area contributed by atoms with Gasteiger partial charge in [0.1, 0.15) is 12.1 Å². The van der Waals surface area contributed by atoms with Gasteiger partial charge in [0.2, 0.25) is 0 Å². The number of carbonyl (C=O) groups is 1. The summed E-state index contributed by atoms with van der Waals surface area (Å²) in [5, 5.41) is 10.6. The van der Waals surface area contributed by atoms with E-state index in [9.17, 15) is 18.0 Å². The fourth-order valence-corrected chi connectivity index (χ4v) is 1.39. The number of nitrogens with one attached hydrogen (secondary N) is 1. The van der Waals surface area contributed by atoms with Crippen LogP contribution < -0.4 is 5.32 Å². The van der Waals surface area contributed by atoms with Crippen molar-refractivity contribution in [1.29, 1.82) is 0 Å². The van der Waals surface area contributed by atoms with Crippen LogP contribution in [0.2, 0.25) is 0 Å². The van der Waals surface area contributed by atoms with E-state index in [1.54, 1.807) is 0 Å². The van der Waals surface area contributed by atoms with Crippen molar-refractivity contribution in [3.63, 3.8) is 0 Å². The molecule has 0 aromatic carbocycles. The maximum Gasteiger partial charge on any atom is 0.403 e. The van der Waals surface area contributed by atoms with E-state index in [4.69, 9.17) is 5.11 Å². The molecule has 2 atom stereocenters. The van der Waals surface area contributed by atoms with Gasteiger partial charge >= 0.3 is 12.1 Å². The first-order chi connectivity index (χ1) is 5.91. The van der Waals surface area contributed by atoms with Gasteiger partial charge < -0.3 is 5.11 Å². The zero-order valence-corrected chi connectivity index (χ0v) is 6.77. The third-order valence-electron chi connectivity index (χ3n) is 2.08. The molecule has 6 heteroatoms. The van der Waals surface area contributed by atoms with E-state index >= 15 is 0 Å². The lowest BCUT2D eigenvalue weighted by molar-refractivity contribution is -0.167. The van der Waals surface area contributed by atoms with Crippen molar-refractivity contribution in [2.45, 2.75) is 37.5 Å². The smallest absolute Gasteiger partial charge is 0.403 e. The highest BCUT2D eigenvalue weighted by Crippen LogP contribution is 2.27. The zero-order valence-electron chi connectivity index (χ0n) is 6.77. The molecule has 0 bridgehead atoms. The van der Waals surface area contributed by atoms with Crippen molar-refractivity contribution >= 4 is 5.97 Å². The largest absolute Gasteiger partial charge is 0.480 e. The Kier molecular flexibility index (Phi) is 2.80. The van der Waals surface area contributed by atoms with E-state index in [2.05, 4.69) is 5.32 Å². The highest BCUT2D eigenvalue weighted by Gasteiger charge is 2.43. The van der Waals surface area contributed by atoms with Gasteiger partial charge in [0.25, 0.3) is 0 Å². The van der Waals surface area contributed by atoms with E-state index in [0.717, 1.165) is 0 Å². The molecule has 1 fully saturated rings. The molecule has 0 aromatic rings. The average molecular weight is 197 g/mol. The molecule has 2 N–H and O–H groups in total. The summed E-state index contributed by atoms with van der Waals surface area (Å²) in [5.74, 6) is -1.21. The van der Waals surface area contributed by atoms with Crippen LogP contribution in [0.15, 0.2) is 0 Å². The first-order valence-electron chi connectivity index (χ1n) is 3.97. The molecule has 1 aliphatic heterocycles. The second-order valence-electron chi connectivity index (χ2n) is 3.08. The highest BCUT2D eigenvalue weighted by atomic mass is 19.4. The van der Waals surface area contributed by atoms with Crippen LogP contribution in [0.3, 0.4) is 0 Å². The predicted molar refractivity (Wildman–Crippen MR) is 38.3 cm³/mol. The molecule has 0 spiro atoms. The number of hydrogen-bond acceptors (Lipinski definition) is 2. The third-order valence-corrected chi connectivity index (χ3v) is 2.08. The van der Waals surface area contributed by atoms with Gasteiger partial charge in [-0.1, -0.05) is 0 Å². The van der Waals surface area contributed by atoms with E-state index in [1.807, 2.05) is 0 Å². The summed E-state index contributed by atoms with van der Waals surface area (Å²) < 4.78 is 36.4. The van der Waals surface area contributed by atoms with Gasteiger partial charge in [-0.3, -0.25) is 10.1 Å². The summed E-state index contributed by atoms with van der Waals surface area (Å²) in [4.78, 5) is 10.4. The molecular weight excluding hydrogens is 187 g/mol. The second-order valence-corrected chi connectivity index (χ2v) is 3.08. The van der Waals surface area contributed by atoms with E-state index < -0.39 is 24.2 Å². The van der Waals surface area contributed by atoms with E-state index in [1.165, 1.54) is 0 Å². The molecule has 1 heterocycles. The third kappa shape index (κ3) is 2.58. The number of hydrogen-bond donors (Lipinski definition) is 2. The second kappa shape index (κ2) is 3.53. The molecule has 1 saturated heterocycles. The van der Waals surface area contributed by atoms with Crippen LogP contribution in [0.4, 0.5) is 13.2 Å².